The molecule has 1 N–H and O–H groups in total. The van der Waals surface area contributed by atoms with Gasteiger partial charge in [-0.3, -0.25) is 0 Å². The Balaban J connectivity index is 1.46. The minimum Gasteiger partial charge on any atom is -0.392 e. The van der Waals surface area contributed by atoms with Crippen LogP contribution in [0.4, 0.5) is 0 Å². The summed E-state index contributed by atoms with van der Waals surface area (Å²) in [5.41, 5.74) is 0. The molecule has 1 aliphatic heterocycles. The third-order valence-corrected chi connectivity index (χ3v) is 5.44. The molecule has 0 bridgehead atoms. The van der Waals surface area contributed by atoms with Crippen LogP contribution in [0.1, 0.15) is 51.4 Å². The van der Waals surface area contributed by atoms with Gasteiger partial charge in [-0.15, -0.1) is 0 Å². The van der Waals surface area contributed by atoms with Gasteiger partial charge < -0.3 is 10.0 Å². The third kappa shape index (κ3) is 2.68. The van der Waals surface area contributed by atoms with Crippen molar-refractivity contribution in [3.05, 3.63) is 0 Å². The van der Waals surface area contributed by atoms with E-state index in [0.717, 1.165) is 18.4 Å². The fraction of sp³-hybridized carbons (Fsp3) is 1.00. The molecule has 1 saturated heterocycles. The molecular weight excluding hydrogens is 210 g/mol. The molecule has 2 nitrogen and oxygen atoms in total. The molecule has 2 saturated carbocycles. The van der Waals surface area contributed by atoms with Crippen molar-refractivity contribution >= 4 is 0 Å². The Labute approximate surface area is 105 Å². The average Bonchev–Trinajstić information content (AvgIpc) is 2.90. The highest BCUT2D eigenvalue weighted by atomic mass is 16.3. The second kappa shape index (κ2) is 5.27. The normalized spacial score (nSPS) is 37.2. The first-order valence-corrected chi connectivity index (χ1v) is 7.73. The molecule has 0 radical (unpaired) electrons. The van der Waals surface area contributed by atoms with Crippen LogP contribution >= 0.6 is 0 Å². The van der Waals surface area contributed by atoms with Crippen molar-refractivity contribution in [1.29, 1.82) is 0 Å². The summed E-state index contributed by atoms with van der Waals surface area (Å²) >= 11 is 0. The molecule has 0 spiro atoms. The third-order valence-electron chi connectivity index (χ3n) is 5.44. The second-order valence-corrected chi connectivity index (χ2v) is 6.64. The summed E-state index contributed by atoms with van der Waals surface area (Å²) in [5.74, 6) is 2.53. The Morgan fingerprint density at radius 1 is 0.882 bits per heavy atom. The lowest BCUT2D eigenvalue weighted by Crippen LogP contribution is -2.36. The van der Waals surface area contributed by atoms with Gasteiger partial charge in [0.15, 0.2) is 0 Å². The Morgan fingerprint density at radius 3 is 2.18 bits per heavy atom. The van der Waals surface area contributed by atoms with Crippen LogP contribution in [0.3, 0.4) is 0 Å². The molecule has 1 heterocycles. The topological polar surface area (TPSA) is 23.5 Å². The van der Waals surface area contributed by atoms with Gasteiger partial charge in [0.25, 0.3) is 0 Å². The van der Waals surface area contributed by atoms with Gasteiger partial charge in [0.2, 0.25) is 0 Å². The first-order chi connectivity index (χ1) is 8.33. The zero-order chi connectivity index (χ0) is 11.7. The summed E-state index contributed by atoms with van der Waals surface area (Å²) in [6, 6.07) is 0. The van der Waals surface area contributed by atoms with E-state index in [0.29, 0.717) is 5.92 Å². The second-order valence-electron chi connectivity index (χ2n) is 6.64. The lowest BCUT2D eigenvalue weighted by atomic mass is 9.85. The van der Waals surface area contributed by atoms with E-state index < -0.39 is 0 Å². The Bertz CT molecular complexity index is 237. The van der Waals surface area contributed by atoms with E-state index in [1.807, 2.05) is 0 Å². The van der Waals surface area contributed by atoms with Gasteiger partial charge in [0.05, 0.1) is 6.10 Å². The number of likely N-dealkylation sites (tertiary alicyclic amines) is 1. The van der Waals surface area contributed by atoms with Crippen LogP contribution in [0, 0.1) is 17.8 Å². The van der Waals surface area contributed by atoms with Crippen LogP contribution in [0.5, 0.6) is 0 Å². The summed E-state index contributed by atoms with van der Waals surface area (Å²) in [7, 11) is 0. The number of hydrogen-bond donors (Lipinski definition) is 1. The quantitative estimate of drug-likeness (QED) is 0.815. The molecule has 2 heteroatoms. The highest BCUT2D eigenvalue weighted by Gasteiger charge is 2.37. The van der Waals surface area contributed by atoms with Crippen molar-refractivity contribution in [3.8, 4) is 0 Å². The van der Waals surface area contributed by atoms with E-state index in [1.54, 1.807) is 0 Å². The number of rotatable bonds is 3. The summed E-state index contributed by atoms with van der Waals surface area (Å²) in [4.78, 5) is 2.55. The molecule has 0 aromatic carbocycles. The first-order valence-electron chi connectivity index (χ1n) is 7.73. The Kier molecular flexibility index (Phi) is 3.72. The number of aliphatic hydroxyl groups excluding tert-OH is 1. The predicted octanol–water partition coefficient (Wildman–Crippen LogP) is 2.66. The van der Waals surface area contributed by atoms with Gasteiger partial charge in [-0.1, -0.05) is 25.7 Å². The highest BCUT2D eigenvalue weighted by Crippen LogP contribution is 2.38. The standard InChI is InChI=1S/C15H27NO/c17-15(12-5-2-1-3-6-12)11-16-9-13-7-4-8-14(13)10-16/h12-15,17H,1-11H2. The molecule has 3 atom stereocenters. The molecule has 3 rings (SSSR count). The largest absolute Gasteiger partial charge is 0.392 e. The van der Waals surface area contributed by atoms with Crippen molar-refractivity contribution in [2.45, 2.75) is 57.5 Å². The van der Waals surface area contributed by atoms with Crippen LogP contribution in [0.25, 0.3) is 0 Å². The molecule has 0 aromatic rings. The molecule has 0 amide bonds. The maximum atomic E-state index is 10.4. The summed E-state index contributed by atoms with van der Waals surface area (Å²) in [6.07, 6.45) is 10.9. The average molecular weight is 237 g/mol. The van der Waals surface area contributed by atoms with Crippen LogP contribution in [-0.4, -0.2) is 35.7 Å². The fourth-order valence-electron chi connectivity index (χ4n) is 4.41. The minimum atomic E-state index is -0.0471. The summed E-state index contributed by atoms with van der Waals surface area (Å²) in [6.45, 7) is 3.50. The van der Waals surface area contributed by atoms with E-state index >= 15 is 0 Å². The maximum absolute atomic E-state index is 10.4. The number of fused-ring (bicyclic) bond motifs is 1. The van der Waals surface area contributed by atoms with E-state index in [-0.39, 0.29) is 6.10 Å². The molecule has 3 unspecified atom stereocenters. The van der Waals surface area contributed by atoms with Gasteiger partial charge in [0.1, 0.15) is 0 Å². The van der Waals surface area contributed by atoms with Crippen molar-refractivity contribution < 1.29 is 5.11 Å². The lowest BCUT2D eigenvalue weighted by Gasteiger charge is -2.29. The number of hydrogen-bond acceptors (Lipinski definition) is 2. The Morgan fingerprint density at radius 2 is 1.53 bits per heavy atom. The van der Waals surface area contributed by atoms with Crippen molar-refractivity contribution in [2.75, 3.05) is 19.6 Å². The van der Waals surface area contributed by atoms with Crippen LogP contribution in [-0.2, 0) is 0 Å². The number of nitrogens with zero attached hydrogens (tertiary/aromatic N) is 1. The molecule has 2 aliphatic carbocycles. The van der Waals surface area contributed by atoms with Crippen molar-refractivity contribution in [2.24, 2.45) is 17.8 Å². The van der Waals surface area contributed by atoms with Gasteiger partial charge in [-0.2, -0.15) is 0 Å². The van der Waals surface area contributed by atoms with Crippen LogP contribution < -0.4 is 0 Å². The molecular formula is C15H27NO. The van der Waals surface area contributed by atoms with Gasteiger partial charge in [0, 0.05) is 19.6 Å². The summed E-state index contributed by atoms with van der Waals surface area (Å²) < 4.78 is 0. The minimum absolute atomic E-state index is 0.0471. The van der Waals surface area contributed by atoms with Crippen LogP contribution in [0.2, 0.25) is 0 Å². The zero-order valence-electron chi connectivity index (χ0n) is 11.0. The smallest absolute Gasteiger partial charge is 0.0695 e. The molecule has 3 fully saturated rings. The Hall–Kier alpha value is -0.0800. The van der Waals surface area contributed by atoms with E-state index in [2.05, 4.69) is 4.90 Å². The van der Waals surface area contributed by atoms with E-state index in [4.69, 9.17) is 0 Å². The number of β-amino-alcohol motifs (C(OH)–C–C–N with tert-alkyl or cyclic N) is 1. The SMILES string of the molecule is OC(CN1CC2CCCC2C1)C1CCCCC1. The molecule has 98 valence electrons. The summed E-state index contributed by atoms with van der Waals surface area (Å²) in [5, 5.41) is 10.4. The van der Waals surface area contributed by atoms with E-state index in [9.17, 15) is 5.11 Å². The monoisotopic (exact) mass is 237 g/mol. The molecule has 17 heavy (non-hydrogen) atoms. The van der Waals surface area contributed by atoms with Crippen LogP contribution in [0.15, 0.2) is 0 Å². The van der Waals surface area contributed by atoms with Gasteiger partial charge in [-0.05, 0) is 43.4 Å². The number of aliphatic hydroxyl groups is 1. The lowest BCUT2D eigenvalue weighted by molar-refractivity contribution is 0.0523. The van der Waals surface area contributed by atoms with Crippen molar-refractivity contribution in [3.63, 3.8) is 0 Å². The first kappa shape index (κ1) is 12.0. The maximum Gasteiger partial charge on any atom is 0.0695 e. The van der Waals surface area contributed by atoms with Crippen molar-refractivity contribution in [1.82, 2.24) is 4.90 Å². The molecule has 3 aliphatic rings. The van der Waals surface area contributed by atoms with Gasteiger partial charge >= 0.3 is 0 Å². The predicted molar refractivity (Wildman–Crippen MR) is 69.9 cm³/mol. The fourth-order valence-corrected chi connectivity index (χ4v) is 4.41. The highest BCUT2D eigenvalue weighted by molar-refractivity contribution is 4.89. The zero-order valence-corrected chi connectivity index (χ0v) is 11.0. The molecule has 0 aromatic heterocycles. The van der Waals surface area contributed by atoms with Gasteiger partial charge in [-0.25, -0.2) is 0 Å². The van der Waals surface area contributed by atoms with E-state index in [1.165, 1.54) is 64.5 Å².